The molecule has 0 saturated carbocycles. The van der Waals surface area contributed by atoms with Gasteiger partial charge in [0.25, 0.3) is 11.8 Å². The lowest BCUT2D eigenvalue weighted by molar-refractivity contribution is 0.0473. The molecule has 0 atom stereocenters. The molecule has 0 aliphatic carbocycles. The number of esters is 1. The summed E-state index contributed by atoms with van der Waals surface area (Å²) in [5.41, 5.74) is 0.877. The summed E-state index contributed by atoms with van der Waals surface area (Å²) >= 11 is 3.31. The predicted molar refractivity (Wildman–Crippen MR) is 102 cm³/mol. The molecule has 7 nitrogen and oxygen atoms in total. The van der Waals surface area contributed by atoms with Crippen molar-refractivity contribution in [2.45, 2.75) is 6.61 Å². The van der Waals surface area contributed by atoms with Crippen molar-refractivity contribution in [1.82, 2.24) is 4.90 Å². The maximum atomic E-state index is 12.4. The topological polar surface area (TPSA) is 93.9 Å². The highest BCUT2D eigenvalue weighted by molar-refractivity contribution is 9.10. The van der Waals surface area contributed by atoms with E-state index < -0.39 is 23.4 Å². The molecular formula is C20H12BrNO6. The number of imide groups is 1. The van der Waals surface area contributed by atoms with Crippen molar-refractivity contribution in [3.8, 4) is 0 Å². The summed E-state index contributed by atoms with van der Waals surface area (Å²) in [7, 11) is 1.38. The van der Waals surface area contributed by atoms with Gasteiger partial charge in [-0.05, 0) is 36.4 Å². The number of hydrogen-bond acceptors (Lipinski definition) is 6. The molecule has 8 heteroatoms. The van der Waals surface area contributed by atoms with Crippen LogP contribution in [0.3, 0.4) is 0 Å². The maximum Gasteiger partial charge on any atom is 0.338 e. The molecule has 0 saturated heterocycles. The fraction of sp³-hybridized carbons (Fsp3) is 0.100. The van der Waals surface area contributed by atoms with Crippen molar-refractivity contribution in [2.75, 3.05) is 7.05 Å². The Kier molecular flexibility index (Phi) is 4.35. The van der Waals surface area contributed by atoms with Crippen LogP contribution in [0.4, 0.5) is 0 Å². The van der Waals surface area contributed by atoms with Crippen molar-refractivity contribution in [1.29, 1.82) is 0 Å². The first-order chi connectivity index (χ1) is 13.3. The summed E-state index contributed by atoms with van der Waals surface area (Å²) in [5, 5.41) is 0.645. The summed E-state index contributed by atoms with van der Waals surface area (Å²) < 4.78 is 11.2. The molecule has 1 aromatic heterocycles. The number of carbonyl (C=O) groups is 3. The molecule has 28 heavy (non-hydrogen) atoms. The van der Waals surface area contributed by atoms with E-state index in [-0.39, 0.29) is 23.3 Å². The average Bonchev–Trinajstić information content (AvgIpc) is 2.89. The van der Waals surface area contributed by atoms with Crippen LogP contribution in [0.2, 0.25) is 0 Å². The van der Waals surface area contributed by atoms with Gasteiger partial charge < -0.3 is 9.15 Å². The van der Waals surface area contributed by atoms with Crippen LogP contribution >= 0.6 is 15.9 Å². The van der Waals surface area contributed by atoms with Gasteiger partial charge in [0.1, 0.15) is 12.2 Å². The highest BCUT2D eigenvalue weighted by atomic mass is 79.9. The van der Waals surface area contributed by atoms with E-state index in [9.17, 15) is 19.2 Å². The van der Waals surface area contributed by atoms with Crippen LogP contribution in [-0.4, -0.2) is 29.7 Å². The van der Waals surface area contributed by atoms with E-state index in [0.717, 1.165) is 9.37 Å². The molecule has 0 bridgehead atoms. The van der Waals surface area contributed by atoms with Gasteiger partial charge in [0.05, 0.1) is 16.7 Å². The third-order valence-corrected chi connectivity index (χ3v) is 4.97. The summed E-state index contributed by atoms with van der Waals surface area (Å²) in [6, 6.07) is 10.7. The molecule has 0 N–H and O–H groups in total. The number of carbonyl (C=O) groups excluding carboxylic acids is 3. The second kappa shape index (κ2) is 6.72. The molecule has 3 aromatic rings. The first kappa shape index (κ1) is 18.1. The van der Waals surface area contributed by atoms with Gasteiger partial charge >= 0.3 is 11.6 Å². The van der Waals surface area contributed by atoms with Crippen LogP contribution in [0.5, 0.6) is 0 Å². The van der Waals surface area contributed by atoms with E-state index in [2.05, 4.69) is 15.9 Å². The minimum absolute atomic E-state index is 0.144. The molecule has 0 spiro atoms. The van der Waals surface area contributed by atoms with Crippen molar-refractivity contribution in [2.24, 2.45) is 0 Å². The molecule has 0 unspecified atom stereocenters. The molecule has 2 aromatic carbocycles. The van der Waals surface area contributed by atoms with E-state index >= 15 is 0 Å². The molecule has 1 aliphatic heterocycles. The quantitative estimate of drug-likeness (QED) is 0.352. The number of benzene rings is 2. The standard InChI is InChI=1S/C20H12BrNO6/c1-22-18(24)14-4-2-10(6-15(14)19(22)25)20(26)27-9-11-7-17(23)28-16-8-12(21)3-5-13(11)16/h2-8H,9H2,1H3. The average molecular weight is 442 g/mol. The molecule has 4 rings (SSSR count). The summed E-state index contributed by atoms with van der Waals surface area (Å²) in [4.78, 5) is 49.2. The van der Waals surface area contributed by atoms with Crippen LogP contribution < -0.4 is 5.63 Å². The normalized spacial score (nSPS) is 13.1. The Labute approximate surface area is 166 Å². The number of nitrogens with zero attached hydrogens (tertiary/aromatic N) is 1. The van der Waals surface area contributed by atoms with Crippen molar-refractivity contribution >= 4 is 44.7 Å². The van der Waals surface area contributed by atoms with Gasteiger partial charge in [-0.2, -0.15) is 0 Å². The Bertz CT molecular complexity index is 1230. The van der Waals surface area contributed by atoms with Crippen molar-refractivity contribution in [3.05, 3.63) is 79.6 Å². The number of rotatable bonds is 3. The Morgan fingerprint density at radius 1 is 1.04 bits per heavy atom. The van der Waals surface area contributed by atoms with Crippen LogP contribution in [0.15, 0.2) is 56.1 Å². The second-order valence-corrected chi connectivity index (χ2v) is 7.15. The van der Waals surface area contributed by atoms with Gasteiger partial charge in [-0.15, -0.1) is 0 Å². The monoisotopic (exact) mass is 441 g/mol. The maximum absolute atomic E-state index is 12.4. The zero-order valence-electron chi connectivity index (χ0n) is 14.5. The number of amides is 2. The summed E-state index contributed by atoms with van der Waals surface area (Å²) in [6.07, 6.45) is 0. The first-order valence-electron chi connectivity index (χ1n) is 8.21. The number of hydrogen-bond donors (Lipinski definition) is 0. The van der Waals surface area contributed by atoms with Gasteiger partial charge in [-0.1, -0.05) is 15.9 Å². The lowest BCUT2D eigenvalue weighted by atomic mass is 10.1. The Morgan fingerprint density at radius 2 is 1.79 bits per heavy atom. The molecule has 1 aliphatic rings. The summed E-state index contributed by atoms with van der Waals surface area (Å²) in [6.45, 7) is -0.146. The third kappa shape index (κ3) is 3.01. The summed E-state index contributed by atoms with van der Waals surface area (Å²) in [5.74, 6) is -1.54. The second-order valence-electron chi connectivity index (χ2n) is 6.24. The third-order valence-electron chi connectivity index (χ3n) is 4.48. The lowest BCUT2D eigenvalue weighted by Crippen LogP contribution is -2.24. The van der Waals surface area contributed by atoms with Crippen LogP contribution in [-0.2, 0) is 11.3 Å². The highest BCUT2D eigenvalue weighted by Crippen LogP contribution is 2.24. The molecule has 2 amide bonds. The van der Waals surface area contributed by atoms with Crippen molar-refractivity contribution in [3.63, 3.8) is 0 Å². The first-order valence-corrected chi connectivity index (χ1v) is 9.00. The van der Waals surface area contributed by atoms with Crippen molar-refractivity contribution < 1.29 is 23.5 Å². The molecule has 0 fully saturated rings. The van der Waals surface area contributed by atoms with Gasteiger partial charge in [-0.25, -0.2) is 9.59 Å². The minimum atomic E-state index is -0.670. The Balaban J connectivity index is 1.60. The van der Waals surface area contributed by atoms with Crippen LogP contribution in [0, 0.1) is 0 Å². The fourth-order valence-corrected chi connectivity index (χ4v) is 3.38. The Hall–Kier alpha value is -3.26. The van der Waals surface area contributed by atoms with E-state index in [1.54, 1.807) is 18.2 Å². The van der Waals surface area contributed by atoms with Gasteiger partial charge in [0, 0.05) is 28.5 Å². The predicted octanol–water partition coefficient (Wildman–Crippen LogP) is 3.14. The highest BCUT2D eigenvalue weighted by Gasteiger charge is 2.33. The van der Waals surface area contributed by atoms with E-state index in [1.807, 2.05) is 0 Å². The fourth-order valence-electron chi connectivity index (χ4n) is 3.04. The molecular weight excluding hydrogens is 430 g/mol. The Morgan fingerprint density at radius 3 is 2.57 bits per heavy atom. The van der Waals surface area contributed by atoms with Crippen LogP contribution in [0.25, 0.3) is 11.0 Å². The van der Waals surface area contributed by atoms with Gasteiger partial charge in [-0.3, -0.25) is 14.5 Å². The smallest absolute Gasteiger partial charge is 0.338 e. The SMILES string of the molecule is CN1C(=O)c2ccc(C(=O)OCc3cc(=O)oc4cc(Br)ccc34)cc2C1=O. The van der Waals surface area contributed by atoms with Crippen LogP contribution in [0.1, 0.15) is 36.6 Å². The number of halogens is 1. The zero-order valence-corrected chi connectivity index (χ0v) is 16.1. The molecule has 140 valence electrons. The lowest BCUT2D eigenvalue weighted by Gasteiger charge is -2.08. The van der Waals surface area contributed by atoms with Gasteiger partial charge in [0.2, 0.25) is 0 Å². The van der Waals surface area contributed by atoms with E-state index in [4.69, 9.17) is 9.15 Å². The minimum Gasteiger partial charge on any atom is -0.457 e. The van der Waals surface area contributed by atoms with Gasteiger partial charge in [0.15, 0.2) is 0 Å². The molecule has 2 heterocycles. The number of fused-ring (bicyclic) bond motifs is 2. The number of ether oxygens (including phenoxy) is 1. The molecule has 0 radical (unpaired) electrons. The van der Waals surface area contributed by atoms with E-state index in [1.165, 1.54) is 31.3 Å². The van der Waals surface area contributed by atoms with E-state index in [0.29, 0.717) is 16.5 Å². The zero-order chi connectivity index (χ0) is 20.0. The largest absolute Gasteiger partial charge is 0.457 e.